The molecule has 0 fully saturated rings. The Hall–Kier alpha value is -5.23. The number of pyridine rings is 1. The van der Waals surface area contributed by atoms with E-state index in [-0.39, 0.29) is 29.2 Å². The molecule has 3 N–H and O–H groups in total. The Labute approximate surface area is 229 Å². The first-order valence-corrected chi connectivity index (χ1v) is 12.4. The molecule has 0 bridgehead atoms. The Morgan fingerprint density at radius 2 is 1.80 bits per heavy atom. The summed E-state index contributed by atoms with van der Waals surface area (Å²) >= 11 is 0. The van der Waals surface area contributed by atoms with Gasteiger partial charge in [-0.1, -0.05) is 24.3 Å². The van der Waals surface area contributed by atoms with Gasteiger partial charge in [-0.2, -0.15) is 18.3 Å². The van der Waals surface area contributed by atoms with Crippen LogP contribution in [0.5, 0.6) is 0 Å². The van der Waals surface area contributed by atoms with Crippen LogP contribution in [0.2, 0.25) is 0 Å². The van der Waals surface area contributed by atoms with Crippen LogP contribution in [0.1, 0.15) is 21.5 Å². The SMILES string of the molecule is Cn1ncc2c3[nH]n(-c4ccc(C(=O)Nc5cccc(CO)c5)cc4)c(=O)c3c(-c3cccc(C(F)(F)F)c3)nc21. The second-order valence-corrected chi connectivity index (χ2v) is 9.41. The first kappa shape index (κ1) is 26.0. The molecule has 3 heterocycles. The number of benzene rings is 3. The van der Waals surface area contributed by atoms with E-state index in [1.165, 1.54) is 27.7 Å². The van der Waals surface area contributed by atoms with Gasteiger partial charge in [0.2, 0.25) is 0 Å². The molecule has 0 aliphatic carbocycles. The Balaban J connectivity index is 1.43. The smallest absolute Gasteiger partial charge is 0.392 e. The van der Waals surface area contributed by atoms with E-state index in [4.69, 9.17) is 0 Å². The number of hydrogen-bond acceptors (Lipinski definition) is 5. The predicted octanol–water partition coefficient (Wildman–Crippen LogP) is 5.03. The van der Waals surface area contributed by atoms with Gasteiger partial charge in [0.15, 0.2) is 5.65 Å². The van der Waals surface area contributed by atoms with Crippen molar-refractivity contribution in [3.63, 3.8) is 0 Å². The van der Waals surface area contributed by atoms with Gasteiger partial charge in [-0.15, -0.1) is 0 Å². The average Bonchev–Trinajstić information content (AvgIpc) is 3.52. The number of rotatable bonds is 5. The quantitative estimate of drug-likeness (QED) is 0.274. The number of aliphatic hydroxyl groups excluding tert-OH is 1. The van der Waals surface area contributed by atoms with Gasteiger partial charge in [0.05, 0.1) is 46.0 Å². The van der Waals surface area contributed by atoms with E-state index in [0.29, 0.717) is 39.1 Å². The molecule has 0 saturated carbocycles. The average molecular weight is 559 g/mol. The molecule has 41 heavy (non-hydrogen) atoms. The van der Waals surface area contributed by atoms with Crippen LogP contribution in [-0.4, -0.2) is 35.6 Å². The maximum atomic E-state index is 13.7. The van der Waals surface area contributed by atoms with Crippen LogP contribution in [0.15, 0.2) is 83.8 Å². The van der Waals surface area contributed by atoms with Crippen LogP contribution in [0.4, 0.5) is 18.9 Å². The van der Waals surface area contributed by atoms with Crippen molar-refractivity contribution in [2.24, 2.45) is 7.05 Å². The van der Waals surface area contributed by atoms with Crippen molar-refractivity contribution in [2.75, 3.05) is 5.32 Å². The van der Waals surface area contributed by atoms with Crippen molar-refractivity contribution < 1.29 is 23.1 Å². The van der Waals surface area contributed by atoms with Crippen LogP contribution in [-0.2, 0) is 19.8 Å². The highest BCUT2D eigenvalue weighted by Gasteiger charge is 2.31. The molecular weight excluding hydrogens is 537 g/mol. The molecule has 12 heteroatoms. The number of nitrogens with one attached hydrogen (secondary N) is 2. The number of alkyl halides is 3. The number of hydrogen-bond donors (Lipinski definition) is 3. The molecule has 0 saturated heterocycles. The summed E-state index contributed by atoms with van der Waals surface area (Å²) in [6, 6.07) is 17.7. The van der Waals surface area contributed by atoms with Gasteiger partial charge in [0.1, 0.15) is 0 Å². The van der Waals surface area contributed by atoms with E-state index >= 15 is 0 Å². The summed E-state index contributed by atoms with van der Waals surface area (Å²) in [4.78, 5) is 31.0. The van der Waals surface area contributed by atoms with Crippen LogP contribution in [0.3, 0.4) is 0 Å². The maximum Gasteiger partial charge on any atom is 0.416 e. The van der Waals surface area contributed by atoms with Crippen molar-refractivity contribution >= 4 is 33.5 Å². The van der Waals surface area contributed by atoms with Crippen molar-refractivity contribution in [2.45, 2.75) is 12.8 Å². The Bertz CT molecular complexity index is 2010. The van der Waals surface area contributed by atoms with Gasteiger partial charge in [0.25, 0.3) is 11.5 Å². The van der Waals surface area contributed by atoms with Gasteiger partial charge >= 0.3 is 6.18 Å². The minimum Gasteiger partial charge on any atom is -0.392 e. The zero-order valence-electron chi connectivity index (χ0n) is 21.4. The van der Waals surface area contributed by atoms with Crippen LogP contribution in [0, 0.1) is 0 Å². The molecule has 3 aromatic carbocycles. The fraction of sp³-hybridized carbons (Fsp3) is 0.103. The van der Waals surface area contributed by atoms with E-state index in [1.807, 2.05) is 0 Å². The molecule has 0 aliphatic rings. The topological polar surface area (TPSA) is 118 Å². The van der Waals surface area contributed by atoms with E-state index in [0.717, 1.165) is 12.1 Å². The van der Waals surface area contributed by atoms with Crippen molar-refractivity contribution in [1.82, 2.24) is 24.5 Å². The molecule has 1 amide bonds. The number of aromatic amines is 1. The lowest BCUT2D eigenvalue weighted by Gasteiger charge is -2.09. The number of carbonyl (C=O) groups is 1. The van der Waals surface area contributed by atoms with Gasteiger partial charge in [-0.3, -0.25) is 19.4 Å². The third-order valence-electron chi connectivity index (χ3n) is 6.74. The van der Waals surface area contributed by atoms with E-state index in [1.54, 1.807) is 55.6 Å². The third kappa shape index (κ3) is 4.63. The number of carbonyl (C=O) groups excluding carboxylic acids is 1. The summed E-state index contributed by atoms with van der Waals surface area (Å²) in [5, 5.41) is 20.0. The lowest BCUT2D eigenvalue weighted by Crippen LogP contribution is -2.16. The zero-order valence-corrected chi connectivity index (χ0v) is 21.4. The summed E-state index contributed by atoms with van der Waals surface area (Å²) in [5.41, 5.74) is 1.49. The molecule has 0 radical (unpaired) electrons. The molecule has 3 aromatic heterocycles. The van der Waals surface area contributed by atoms with Crippen molar-refractivity contribution in [3.8, 4) is 16.9 Å². The fourth-order valence-electron chi connectivity index (χ4n) is 4.70. The number of aromatic nitrogens is 5. The fourth-order valence-corrected chi connectivity index (χ4v) is 4.70. The number of nitrogens with zero attached hydrogens (tertiary/aromatic N) is 4. The molecular formula is C29H21F3N6O3. The number of halogens is 3. The monoisotopic (exact) mass is 558 g/mol. The van der Waals surface area contributed by atoms with Gasteiger partial charge < -0.3 is 10.4 Å². The molecule has 0 atom stereocenters. The summed E-state index contributed by atoms with van der Waals surface area (Å²) in [6.07, 6.45) is -3.04. The largest absolute Gasteiger partial charge is 0.416 e. The molecule has 9 nitrogen and oxygen atoms in total. The lowest BCUT2D eigenvalue weighted by molar-refractivity contribution is -0.137. The Morgan fingerprint density at radius 3 is 2.54 bits per heavy atom. The molecule has 0 aliphatic heterocycles. The minimum absolute atomic E-state index is 0.0864. The maximum absolute atomic E-state index is 13.7. The van der Waals surface area contributed by atoms with Gasteiger partial charge in [-0.25, -0.2) is 9.67 Å². The normalized spacial score (nSPS) is 11.8. The molecule has 6 rings (SSSR count). The molecule has 0 spiro atoms. The lowest BCUT2D eigenvalue weighted by atomic mass is 10.0. The number of fused-ring (bicyclic) bond motifs is 3. The highest BCUT2D eigenvalue weighted by molar-refractivity contribution is 6.08. The highest BCUT2D eigenvalue weighted by Crippen LogP contribution is 2.34. The number of anilines is 1. The van der Waals surface area contributed by atoms with Crippen LogP contribution < -0.4 is 10.9 Å². The molecule has 206 valence electrons. The standard InChI is InChI=1S/C29H21F3N6O3/c1-37-26-22(14-33-37)25-23(24(35-26)18-5-3-6-19(13-18)29(30,31)32)28(41)38(36-25)21-10-8-17(9-11-21)27(40)34-20-7-2-4-16(12-20)15-39/h2-14,36,39H,15H2,1H3,(H,34,40). The zero-order chi connectivity index (χ0) is 28.9. The second-order valence-electron chi connectivity index (χ2n) is 9.41. The Kier molecular flexibility index (Phi) is 6.19. The second kappa shape index (κ2) is 9.75. The van der Waals surface area contributed by atoms with Gasteiger partial charge in [0, 0.05) is 23.9 Å². The summed E-state index contributed by atoms with van der Waals surface area (Å²) < 4.78 is 43.1. The predicted molar refractivity (Wildman–Crippen MR) is 147 cm³/mol. The van der Waals surface area contributed by atoms with Crippen LogP contribution >= 0.6 is 0 Å². The number of aryl methyl sites for hydroxylation is 1. The first-order chi connectivity index (χ1) is 19.6. The number of H-pyrrole nitrogens is 1. The summed E-state index contributed by atoms with van der Waals surface area (Å²) in [5.74, 6) is -0.385. The minimum atomic E-state index is -4.57. The third-order valence-corrected chi connectivity index (χ3v) is 6.74. The molecule has 0 unspecified atom stereocenters. The number of aliphatic hydroxyl groups is 1. The first-order valence-electron chi connectivity index (χ1n) is 12.4. The van der Waals surface area contributed by atoms with E-state index in [9.17, 15) is 27.9 Å². The van der Waals surface area contributed by atoms with Crippen molar-refractivity contribution in [3.05, 3.63) is 106 Å². The van der Waals surface area contributed by atoms with Crippen molar-refractivity contribution in [1.29, 1.82) is 0 Å². The van der Waals surface area contributed by atoms with Gasteiger partial charge in [-0.05, 0) is 54.1 Å². The Morgan fingerprint density at radius 1 is 1.05 bits per heavy atom. The summed E-state index contributed by atoms with van der Waals surface area (Å²) in [7, 11) is 1.65. The van der Waals surface area contributed by atoms with E-state index < -0.39 is 17.3 Å². The van der Waals surface area contributed by atoms with Crippen LogP contribution in [0.25, 0.3) is 38.9 Å². The highest BCUT2D eigenvalue weighted by atomic mass is 19.4. The molecule has 6 aromatic rings. The number of amides is 1. The summed E-state index contributed by atoms with van der Waals surface area (Å²) in [6.45, 7) is -0.159. The van der Waals surface area contributed by atoms with E-state index in [2.05, 4.69) is 20.5 Å².